The maximum Gasteiger partial charge on any atom is 0.231 e. The fraction of sp³-hybridized carbons (Fsp3) is 0.800. The van der Waals surface area contributed by atoms with Gasteiger partial charge in [0.15, 0.2) is 0 Å². The molecule has 0 aromatic rings. The minimum atomic E-state index is -0.283. The van der Waals surface area contributed by atoms with Crippen LogP contribution in [0.3, 0.4) is 0 Å². The van der Waals surface area contributed by atoms with Crippen molar-refractivity contribution in [2.75, 3.05) is 46.4 Å². The number of nitrogens with zero attached hydrogens (tertiary/aromatic N) is 2. The minimum absolute atomic E-state index is 0.187. The minimum Gasteiger partial charge on any atom is -0.374 e. The number of allylic oxidation sites excluding steroid dienone is 2. The number of morpholine rings is 1. The van der Waals surface area contributed by atoms with E-state index >= 15 is 0 Å². The van der Waals surface area contributed by atoms with Gasteiger partial charge < -0.3 is 10.5 Å². The SMILES string of the molecule is CN(CC(N)=O)C[C@@H]1CN(C[C@@H]2CC=CCC2)CCO1. The lowest BCUT2D eigenvalue weighted by molar-refractivity contribution is -0.119. The normalized spacial score (nSPS) is 27.9. The topological polar surface area (TPSA) is 58.8 Å². The summed E-state index contributed by atoms with van der Waals surface area (Å²) >= 11 is 0. The molecule has 1 heterocycles. The average molecular weight is 281 g/mol. The third-order valence-corrected chi connectivity index (χ3v) is 4.06. The van der Waals surface area contributed by atoms with Crippen molar-refractivity contribution >= 4 is 5.91 Å². The highest BCUT2D eigenvalue weighted by Crippen LogP contribution is 2.20. The molecule has 114 valence electrons. The first-order valence-electron chi connectivity index (χ1n) is 7.59. The van der Waals surface area contributed by atoms with Crippen LogP contribution in [0.1, 0.15) is 19.3 Å². The van der Waals surface area contributed by atoms with Crippen molar-refractivity contribution in [3.05, 3.63) is 12.2 Å². The van der Waals surface area contributed by atoms with Gasteiger partial charge >= 0.3 is 0 Å². The van der Waals surface area contributed by atoms with Crippen molar-refractivity contribution in [3.63, 3.8) is 0 Å². The molecule has 2 aliphatic rings. The first-order chi connectivity index (χ1) is 9.63. The fourth-order valence-corrected chi connectivity index (χ4v) is 3.12. The van der Waals surface area contributed by atoms with E-state index in [0.29, 0.717) is 6.54 Å². The molecule has 0 aromatic heterocycles. The van der Waals surface area contributed by atoms with E-state index in [2.05, 4.69) is 17.1 Å². The van der Waals surface area contributed by atoms with E-state index in [1.54, 1.807) is 0 Å². The van der Waals surface area contributed by atoms with E-state index in [1.807, 2.05) is 11.9 Å². The van der Waals surface area contributed by atoms with Crippen molar-refractivity contribution in [3.8, 4) is 0 Å². The van der Waals surface area contributed by atoms with Crippen LogP contribution in [0, 0.1) is 5.92 Å². The van der Waals surface area contributed by atoms with E-state index in [1.165, 1.54) is 25.8 Å². The van der Waals surface area contributed by atoms with Crippen LogP contribution in [0.4, 0.5) is 0 Å². The van der Waals surface area contributed by atoms with Crippen molar-refractivity contribution < 1.29 is 9.53 Å². The van der Waals surface area contributed by atoms with Gasteiger partial charge in [-0.05, 0) is 32.2 Å². The number of carbonyl (C=O) groups excluding carboxylic acids is 1. The van der Waals surface area contributed by atoms with Gasteiger partial charge in [0.2, 0.25) is 5.91 Å². The van der Waals surface area contributed by atoms with Gasteiger partial charge in [0.05, 0.1) is 19.3 Å². The lowest BCUT2D eigenvalue weighted by Gasteiger charge is -2.36. The van der Waals surface area contributed by atoms with Crippen LogP contribution in [0.25, 0.3) is 0 Å². The molecule has 1 fully saturated rings. The van der Waals surface area contributed by atoms with E-state index in [9.17, 15) is 4.79 Å². The zero-order valence-electron chi connectivity index (χ0n) is 12.5. The summed E-state index contributed by atoms with van der Waals surface area (Å²) in [5, 5.41) is 0. The second-order valence-electron chi connectivity index (χ2n) is 6.07. The molecule has 5 heteroatoms. The Labute approximate surface area is 121 Å². The molecule has 20 heavy (non-hydrogen) atoms. The zero-order chi connectivity index (χ0) is 14.4. The first-order valence-corrected chi connectivity index (χ1v) is 7.59. The van der Waals surface area contributed by atoms with Crippen LogP contribution >= 0.6 is 0 Å². The quantitative estimate of drug-likeness (QED) is 0.719. The van der Waals surface area contributed by atoms with Gasteiger partial charge in [0.1, 0.15) is 0 Å². The van der Waals surface area contributed by atoms with Crippen molar-refractivity contribution in [1.82, 2.24) is 9.80 Å². The van der Waals surface area contributed by atoms with Gasteiger partial charge in [-0.3, -0.25) is 14.6 Å². The summed E-state index contributed by atoms with van der Waals surface area (Å²) in [5.74, 6) is 0.510. The molecule has 1 aliphatic carbocycles. The van der Waals surface area contributed by atoms with Gasteiger partial charge in [0, 0.05) is 26.2 Å². The number of ether oxygens (including phenoxy) is 1. The second kappa shape index (κ2) is 7.76. The molecule has 0 bridgehead atoms. The van der Waals surface area contributed by atoms with Crippen molar-refractivity contribution in [2.24, 2.45) is 11.7 Å². The molecule has 0 unspecified atom stereocenters. The van der Waals surface area contributed by atoms with Gasteiger partial charge in [-0.2, -0.15) is 0 Å². The third kappa shape index (κ3) is 5.23. The molecule has 1 aliphatic heterocycles. The van der Waals surface area contributed by atoms with Crippen LogP contribution in [0.2, 0.25) is 0 Å². The Bertz CT molecular complexity index is 346. The Kier molecular flexibility index (Phi) is 6.01. The molecule has 0 spiro atoms. The van der Waals surface area contributed by atoms with Gasteiger partial charge in [-0.15, -0.1) is 0 Å². The number of carbonyl (C=O) groups is 1. The Morgan fingerprint density at radius 2 is 2.35 bits per heavy atom. The average Bonchev–Trinajstić information content (AvgIpc) is 2.39. The summed E-state index contributed by atoms with van der Waals surface area (Å²) in [5.41, 5.74) is 5.21. The number of nitrogens with two attached hydrogens (primary N) is 1. The fourth-order valence-electron chi connectivity index (χ4n) is 3.12. The Hall–Kier alpha value is -0.910. The van der Waals surface area contributed by atoms with Crippen LogP contribution < -0.4 is 5.73 Å². The first kappa shape index (κ1) is 15.5. The largest absolute Gasteiger partial charge is 0.374 e. The summed E-state index contributed by atoms with van der Waals surface area (Å²) in [6.07, 6.45) is 8.53. The monoisotopic (exact) mass is 281 g/mol. The van der Waals surface area contributed by atoms with E-state index in [0.717, 1.165) is 32.2 Å². The Morgan fingerprint density at radius 1 is 1.50 bits per heavy atom. The number of primary amides is 1. The molecule has 0 saturated carbocycles. The predicted molar refractivity (Wildman–Crippen MR) is 79.4 cm³/mol. The summed E-state index contributed by atoms with van der Waals surface area (Å²) in [7, 11) is 1.92. The van der Waals surface area contributed by atoms with Crippen molar-refractivity contribution in [2.45, 2.75) is 25.4 Å². The van der Waals surface area contributed by atoms with E-state index in [-0.39, 0.29) is 12.0 Å². The lowest BCUT2D eigenvalue weighted by atomic mass is 9.94. The van der Waals surface area contributed by atoms with Crippen LogP contribution in [-0.4, -0.2) is 68.2 Å². The van der Waals surface area contributed by atoms with Gasteiger partial charge in [-0.25, -0.2) is 0 Å². The Balaban J connectivity index is 1.73. The summed E-state index contributed by atoms with van der Waals surface area (Å²) in [4.78, 5) is 15.4. The highest BCUT2D eigenvalue weighted by molar-refractivity contribution is 5.75. The van der Waals surface area contributed by atoms with E-state index < -0.39 is 0 Å². The van der Waals surface area contributed by atoms with Gasteiger partial charge in [0.25, 0.3) is 0 Å². The molecule has 1 saturated heterocycles. The predicted octanol–water partition coefficient (Wildman–Crippen LogP) is 0.461. The molecular formula is C15H27N3O2. The maximum absolute atomic E-state index is 10.9. The smallest absolute Gasteiger partial charge is 0.231 e. The number of likely N-dealkylation sites (N-methyl/N-ethyl adjacent to an activating group) is 1. The molecule has 2 N–H and O–H groups in total. The third-order valence-electron chi connectivity index (χ3n) is 4.06. The van der Waals surface area contributed by atoms with Crippen LogP contribution in [0.5, 0.6) is 0 Å². The lowest BCUT2D eigenvalue weighted by Crippen LogP contribution is -2.49. The molecule has 2 atom stereocenters. The molecule has 1 amide bonds. The number of amides is 1. The molecule has 2 rings (SSSR count). The van der Waals surface area contributed by atoms with Crippen molar-refractivity contribution in [1.29, 1.82) is 0 Å². The van der Waals surface area contributed by atoms with Crippen LogP contribution in [-0.2, 0) is 9.53 Å². The molecule has 0 aromatic carbocycles. The molecule has 0 radical (unpaired) electrons. The standard InChI is InChI=1S/C15H27N3O2/c1-17(12-15(16)19)10-14-11-18(7-8-20-14)9-13-5-3-2-4-6-13/h2-3,13-14H,4-12H2,1H3,(H2,16,19)/t13-,14-/m1/s1. The second-order valence-corrected chi connectivity index (χ2v) is 6.07. The summed E-state index contributed by atoms with van der Waals surface area (Å²) in [6, 6.07) is 0. The number of rotatable bonds is 6. The summed E-state index contributed by atoms with van der Waals surface area (Å²) in [6.45, 7) is 5.01. The Morgan fingerprint density at radius 3 is 3.05 bits per heavy atom. The van der Waals surface area contributed by atoms with Crippen LogP contribution in [0.15, 0.2) is 12.2 Å². The molecule has 5 nitrogen and oxygen atoms in total. The van der Waals surface area contributed by atoms with E-state index in [4.69, 9.17) is 10.5 Å². The number of hydrogen-bond acceptors (Lipinski definition) is 4. The molecular weight excluding hydrogens is 254 g/mol. The summed E-state index contributed by atoms with van der Waals surface area (Å²) < 4.78 is 5.80. The maximum atomic E-state index is 10.9. The highest BCUT2D eigenvalue weighted by Gasteiger charge is 2.24. The van der Waals surface area contributed by atoms with Gasteiger partial charge in [-0.1, -0.05) is 12.2 Å². The zero-order valence-corrected chi connectivity index (χ0v) is 12.5. The highest BCUT2D eigenvalue weighted by atomic mass is 16.5. The number of hydrogen-bond donors (Lipinski definition) is 1.